The van der Waals surface area contributed by atoms with Crippen molar-refractivity contribution in [1.82, 2.24) is 10.2 Å². The van der Waals surface area contributed by atoms with Gasteiger partial charge in [-0.2, -0.15) is 0 Å². The van der Waals surface area contributed by atoms with E-state index in [0.717, 1.165) is 18.0 Å². The zero-order valence-corrected chi connectivity index (χ0v) is 10.3. The molecule has 0 aromatic rings. The van der Waals surface area contributed by atoms with E-state index in [0.29, 0.717) is 0 Å². The van der Waals surface area contributed by atoms with Gasteiger partial charge in [0.2, 0.25) is 0 Å². The molecule has 1 heterocycles. The van der Waals surface area contributed by atoms with Gasteiger partial charge in [0.25, 0.3) is 0 Å². The quantitative estimate of drug-likeness (QED) is 0.752. The number of nitrogens with one attached hydrogen (secondary N) is 1. The zero-order chi connectivity index (χ0) is 10.7. The second-order valence-electron chi connectivity index (χ2n) is 5.58. The van der Waals surface area contributed by atoms with Crippen molar-refractivity contribution < 1.29 is 0 Å². The number of likely N-dealkylation sites (N-methyl/N-ethyl adjacent to an activating group) is 1. The normalized spacial score (nSPS) is 38.2. The molecule has 0 radical (unpaired) electrons. The Morgan fingerprint density at radius 1 is 1.00 bits per heavy atom. The molecule has 2 nitrogen and oxygen atoms in total. The molecular weight excluding hydrogens is 184 g/mol. The van der Waals surface area contributed by atoms with Crippen LogP contribution in [0, 0.1) is 5.92 Å². The summed E-state index contributed by atoms with van der Waals surface area (Å²) in [6.45, 7) is 4.84. The molecule has 0 amide bonds. The van der Waals surface area contributed by atoms with E-state index < -0.39 is 0 Å². The Morgan fingerprint density at radius 2 is 1.73 bits per heavy atom. The third kappa shape index (κ3) is 2.94. The highest BCUT2D eigenvalue weighted by atomic mass is 15.2. The van der Waals surface area contributed by atoms with Crippen LogP contribution in [-0.4, -0.2) is 37.1 Å². The Morgan fingerprint density at radius 3 is 2.33 bits per heavy atom. The number of piperidine rings is 1. The molecule has 2 fully saturated rings. The first-order valence-electron chi connectivity index (χ1n) is 6.70. The Balaban J connectivity index is 1.81. The van der Waals surface area contributed by atoms with Crippen LogP contribution in [0.1, 0.15) is 45.4 Å². The van der Waals surface area contributed by atoms with Gasteiger partial charge in [-0.3, -0.25) is 4.90 Å². The highest BCUT2D eigenvalue weighted by Crippen LogP contribution is 2.28. The van der Waals surface area contributed by atoms with Crippen molar-refractivity contribution in [2.45, 2.75) is 57.5 Å². The van der Waals surface area contributed by atoms with E-state index in [9.17, 15) is 0 Å². The maximum atomic E-state index is 3.52. The zero-order valence-electron chi connectivity index (χ0n) is 10.3. The molecule has 88 valence electrons. The van der Waals surface area contributed by atoms with E-state index in [2.05, 4.69) is 24.2 Å². The molecule has 1 saturated carbocycles. The lowest BCUT2D eigenvalue weighted by Gasteiger charge is -2.40. The van der Waals surface area contributed by atoms with E-state index in [1.807, 2.05) is 0 Å². The van der Waals surface area contributed by atoms with Crippen LogP contribution in [0.4, 0.5) is 0 Å². The fourth-order valence-electron chi connectivity index (χ4n) is 3.13. The molecule has 1 N–H and O–H groups in total. The summed E-state index contributed by atoms with van der Waals surface area (Å²) in [7, 11) is 2.35. The standard InChI is InChI=1S/C13H26N2/c1-11-5-7-12(8-6-11)15(2)13-4-3-9-14-10-13/h11-14H,3-10H2,1-2H3. The number of hydrogen-bond acceptors (Lipinski definition) is 2. The Hall–Kier alpha value is -0.0800. The largest absolute Gasteiger partial charge is 0.315 e. The monoisotopic (exact) mass is 210 g/mol. The second kappa shape index (κ2) is 5.31. The average molecular weight is 210 g/mol. The summed E-state index contributed by atoms with van der Waals surface area (Å²) in [6, 6.07) is 1.67. The van der Waals surface area contributed by atoms with Gasteiger partial charge in [0.15, 0.2) is 0 Å². The predicted octanol–water partition coefficient (Wildman–Crippen LogP) is 2.25. The number of hydrogen-bond donors (Lipinski definition) is 1. The van der Waals surface area contributed by atoms with Gasteiger partial charge in [-0.25, -0.2) is 0 Å². The highest BCUT2D eigenvalue weighted by Gasteiger charge is 2.27. The molecule has 1 atom stereocenters. The average Bonchev–Trinajstić information content (AvgIpc) is 2.30. The molecule has 1 aliphatic heterocycles. The lowest BCUT2D eigenvalue weighted by Crippen LogP contribution is -2.49. The van der Waals surface area contributed by atoms with Crippen LogP contribution in [0.5, 0.6) is 0 Å². The van der Waals surface area contributed by atoms with Gasteiger partial charge in [0.05, 0.1) is 0 Å². The molecule has 2 heteroatoms. The van der Waals surface area contributed by atoms with E-state index in [4.69, 9.17) is 0 Å². The third-order valence-electron chi connectivity index (χ3n) is 4.41. The van der Waals surface area contributed by atoms with Crippen LogP contribution in [-0.2, 0) is 0 Å². The second-order valence-corrected chi connectivity index (χ2v) is 5.58. The summed E-state index contributed by atoms with van der Waals surface area (Å²) in [4.78, 5) is 2.66. The molecule has 0 bridgehead atoms. The molecule has 0 spiro atoms. The van der Waals surface area contributed by atoms with Crippen LogP contribution < -0.4 is 5.32 Å². The SMILES string of the molecule is CC1CCC(N(C)C2CCCNC2)CC1. The molecule has 0 aromatic heterocycles. The van der Waals surface area contributed by atoms with Crippen LogP contribution in [0.3, 0.4) is 0 Å². The fraction of sp³-hybridized carbons (Fsp3) is 1.00. The molecule has 15 heavy (non-hydrogen) atoms. The highest BCUT2D eigenvalue weighted by molar-refractivity contribution is 4.84. The minimum atomic E-state index is 0.803. The Kier molecular flexibility index (Phi) is 4.04. The number of nitrogens with zero attached hydrogens (tertiary/aromatic N) is 1. The summed E-state index contributed by atoms with van der Waals surface area (Å²) in [5.41, 5.74) is 0. The van der Waals surface area contributed by atoms with Gasteiger partial charge in [0.1, 0.15) is 0 Å². The van der Waals surface area contributed by atoms with Crippen molar-refractivity contribution >= 4 is 0 Å². The molecular formula is C13H26N2. The van der Waals surface area contributed by atoms with Crippen molar-refractivity contribution in [3.8, 4) is 0 Å². The smallest absolute Gasteiger partial charge is 0.0220 e. The minimum absolute atomic E-state index is 0.803. The minimum Gasteiger partial charge on any atom is -0.315 e. The van der Waals surface area contributed by atoms with E-state index in [1.54, 1.807) is 0 Å². The molecule has 2 rings (SSSR count). The maximum absolute atomic E-state index is 3.52. The lowest BCUT2D eigenvalue weighted by molar-refractivity contribution is 0.107. The molecule has 0 aromatic carbocycles. The summed E-state index contributed by atoms with van der Waals surface area (Å²) in [5, 5.41) is 3.52. The van der Waals surface area contributed by atoms with Crippen LogP contribution in [0.15, 0.2) is 0 Å². The van der Waals surface area contributed by atoms with Crippen molar-refractivity contribution in [3.63, 3.8) is 0 Å². The maximum Gasteiger partial charge on any atom is 0.0220 e. The Labute approximate surface area is 94.4 Å². The number of rotatable bonds is 2. The van der Waals surface area contributed by atoms with E-state index in [1.165, 1.54) is 51.6 Å². The van der Waals surface area contributed by atoms with Gasteiger partial charge < -0.3 is 5.32 Å². The first-order valence-corrected chi connectivity index (χ1v) is 6.70. The van der Waals surface area contributed by atoms with E-state index >= 15 is 0 Å². The van der Waals surface area contributed by atoms with Crippen molar-refractivity contribution in [2.24, 2.45) is 5.92 Å². The summed E-state index contributed by atoms with van der Waals surface area (Å²) < 4.78 is 0. The molecule has 2 aliphatic rings. The van der Waals surface area contributed by atoms with Crippen molar-refractivity contribution in [2.75, 3.05) is 20.1 Å². The lowest BCUT2D eigenvalue weighted by atomic mass is 9.86. The first-order chi connectivity index (χ1) is 7.27. The Bertz CT molecular complexity index is 179. The first kappa shape index (κ1) is 11.4. The van der Waals surface area contributed by atoms with Crippen molar-refractivity contribution in [3.05, 3.63) is 0 Å². The summed E-state index contributed by atoms with van der Waals surface area (Å²) >= 11 is 0. The van der Waals surface area contributed by atoms with Gasteiger partial charge in [-0.1, -0.05) is 6.92 Å². The molecule has 1 saturated heterocycles. The van der Waals surface area contributed by atoms with Crippen LogP contribution in [0.2, 0.25) is 0 Å². The van der Waals surface area contributed by atoms with Gasteiger partial charge in [-0.05, 0) is 58.0 Å². The predicted molar refractivity (Wildman–Crippen MR) is 65.1 cm³/mol. The molecule has 1 aliphatic carbocycles. The van der Waals surface area contributed by atoms with Crippen LogP contribution >= 0.6 is 0 Å². The third-order valence-corrected chi connectivity index (χ3v) is 4.41. The van der Waals surface area contributed by atoms with Crippen LogP contribution in [0.25, 0.3) is 0 Å². The summed E-state index contributed by atoms with van der Waals surface area (Å²) in [6.07, 6.45) is 8.49. The van der Waals surface area contributed by atoms with Gasteiger partial charge >= 0.3 is 0 Å². The van der Waals surface area contributed by atoms with Gasteiger partial charge in [0, 0.05) is 18.6 Å². The fourth-order valence-corrected chi connectivity index (χ4v) is 3.13. The van der Waals surface area contributed by atoms with Crippen molar-refractivity contribution in [1.29, 1.82) is 0 Å². The summed E-state index contributed by atoms with van der Waals surface area (Å²) in [5.74, 6) is 0.971. The van der Waals surface area contributed by atoms with Gasteiger partial charge in [-0.15, -0.1) is 0 Å². The topological polar surface area (TPSA) is 15.3 Å². The molecule has 1 unspecified atom stereocenters. The van der Waals surface area contributed by atoms with E-state index in [-0.39, 0.29) is 0 Å².